The van der Waals surface area contributed by atoms with E-state index in [1.54, 1.807) is 34.9 Å². The number of ether oxygens (including phenoxy) is 1. The highest BCUT2D eigenvalue weighted by Crippen LogP contribution is 2.42. The number of fused-ring (bicyclic) bond motifs is 2. The largest absolute Gasteiger partial charge is 0.487 e. The summed E-state index contributed by atoms with van der Waals surface area (Å²) in [4.78, 5) is 4.44. The van der Waals surface area contributed by atoms with Crippen molar-refractivity contribution in [2.75, 3.05) is 6.54 Å². The smallest absolute Gasteiger partial charge is 0.243 e. The van der Waals surface area contributed by atoms with Gasteiger partial charge in [-0.15, -0.1) is 0 Å². The Morgan fingerprint density at radius 2 is 2.08 bits per heavy atom. The summed E-state index contributed by atoms with van der Waals surface area (Å²) in [5.74, 6) is 0.948. The number of benzene rings is 1. The van der Waals surface area contributed by atoms with Crippen LogP contribution in [0, 0.1) is 12.8 Å². The van der Waals surface area contributed by atoms with E-state index in [-0.39, 0.29) is 18.1 Å². The topological polar surface area (TPSA) is 59.5 Å². The molecule has 2 fully saturated rings. The normalized spacial score (nSPS) is 26.6. The molecule has 2 heterocycles. The maximum absolute atomic E-state index is 13.0. The Morgan fingerprint density at radius 1 is 1.21 bits per heavy atom. The molecule has 2 bridgehead atoms. The van der Waals surface area contributed by atoms with Crippen molar-refractivity contribution in [3.05, 3.63) is 54.4 Å². The van der Waals surface area contributed by atoms with Crippen molar-refractivity contribution < 1.29 is 13.2 Å². The molecule has 0 spiro atoms. The Morgan fingerprint density at radius 3 is 2.83 bits per heavy atom. The minimum absolute atomic E-state index is 0.0891. The van der Waals surface area contributed by atoms with Crippen LogP contribution in [0.2, 0.25) is 0 Å². The molecule has 1 saturated carbocycles. The average Bonchev–Trinajstić information content (AvgIpc) is 3.13. The highest BCUT2D eigenvalue weighted by molar-refractivity contribution is 7.89. The summed E-state index contributed by atoms with van der Waals surface area (Å²) in [6, 6.07) is 10.7. The molecule has 1 aromatic heterocycles. The van der Waals surface area contributed by atoms with Crippen molar-refractivity contribution in [2.45, 2.75) is 36.8 Å². The first-order valence-electron chi connectivity index (χ1n) is 8.21. The molecule has 1 aliphatic heterocycles. The maximum Gasteiger partial charge on any atom is 0.243 e. The number of aryl methyl sites for hydroxylation is 1. The second-order valence-electron chi connectivity index (χ2n) is 6.57. The molecule has 24 heavy (non-hydrogen) atoms. The lowest BCUT2D eigenvalue weighted by molar-refractivity contribution is 0.167. The molecule has 0 amide bonds. The van der Waals surface area contributed by atoms with Crippen LogP contribution in [0.1, 0.15) is 18.4 Å². The van der Waals surface area contributed by atoms with Gasteiger partial charge in [0, 0.05) is 18.7 Å². The van der Waals surface area contributed by atoms with Crippen LogP contribution in [0.4, 0.5) is 0 Å². The first kappa shape index (κ1) is 15.6. The predicted molar refractivity (Wildman–Crippen MR) is 90.2 cm³/mol. The van der Waals surface area contributed by atoms with Gasteiger partial charge in [-0.3, -0.25) is 4.98 Å². The first-order valence-corrected chi connectivity index (χ1v) is 9.65. The predicted octanol–water partition coefficient (Wildman–Crippen LogP) is 2.62. The molecule has 2 aliphatic rings. The van der Waals surface area contributed by atoms with Crippen LogP contribution >= 0.6 is 0 Å². The zero-order valence-corrected chi connectivity index (χ0v) is 14.3. The second kappa shape index (κ2) is 5.86. The second-order valence-corrected chi connectivity index (χ2v) is 8.46. The molecule has 2 aromatic rings. The number of piperidine rings is 1. The van der Waals surface area contributed by atoms with E-state index in [0.29, 0.717) is 17.2 Å². The van der Waals surface area contributed by atoms with E-state index in [1.165, 1.54) is 0 Å². The number of rotatable bonds is 4. The van der Waals surface area contributed by atoms with Gasteiger partial charge in [0.25, 0.3) is 0 Å². The highest BCUT2D eigenvalue weighted by atomic mass is 32.2. The van der Waals surface area contributed by atoms with Gasteiger partial charge < -0.3 is 4.74 Å². The molecule has 5 nitrogen and oxygen atoms in total. The Balaban J connectivity index is 1.60. The summed E-state index contributed by atoms with van der Waals surface area (Å²) >= 11 is 0. The molecule has 3 atom stereocenters. The molecule has 1 saturated heterocycles. The van der Waals surface area contributed by atoms with Crippen LogP contribution < -0.4 is 4.74 Å². The molecule has 0 unspecified atom stereocenters. The highest BCUT2D eigenvalue weighted by Gasteiger charge is 2.53. The standard InChI is InChI=1S/C18H20N2O3S/c1-13-4-2-6-16(10-13)24(21,22)20-12-14-7-8-17(20)18(14)23-15-5-3-9-19-11-15/h2-6,9-11,14,17-18H,7-8,12H2,1H3/t14-,17+,18+/m1/s1. The Labute approximate surface area is 142 Å². The number of hydrogen-bond donors (Lipinski definition) is 0. The summed E-state index contributed by atoms with van der Waals surface area (Å²) in [5, 5.41) is 0. The number of aromatic nitrogens is 1. The van der Waals surface area contributed by atoms with Crippen LogP contribution in [0.25, 0.3) is 0 Å². The minimum atomic E-state index is -3.48. The van der Waals surface area contributed by atoms with Crippen molar-refractivity contribution in [3.8, 4) is 5.75 Å². The zero-order chi connectivity index (χ0) is 16.7. The van der Waals surface area contributed by atoms with E-state index < -0.39 is 10.0 Å². The fraction of sp³-hybridized carbons (Fsp3) is 0.389. The summed E-state index contributed by atoms with van der Waals surface area (Å²) < 4.78 is 33.8. The fourth-order valence-corrected chi connectivity index (χ4v) is 5.66. The van der Waals surface area contributed by atoms with Crippen molar-refractivity contribution >= 4 is 10.0 Å². The van der Waals surface area contributed by atoms with E-state index in [2.05, 4.69) is 4.98 Å². The molecule has 1 aromatic carbocycles. The van der Waals surface area contributed by atoms with E-state index in [4.69, 9.17) is 4.74 Å². The van der Waals surface area contributed by atoms with Gasteiger partial charge in [-0.25, -0.2) is 8.42 Å². The van der Waals surface area contributed by atoms with Crippen molar-refractivity contribution in [1.29, 1.82) is 0 Å². The van der Waals surface area contributed by atoms with Gasteiger partial charge in [0.15, 0.2) is 0 Å². The molecule has 1 aliphatic carbocycles. The van der Waals surface area contributed by atoms with Crippen LogP contribution in [0.5, 0.6) is 5.75 Å². The van der Waals surface area contributed by atoms with E-state index >= 15 is 0 Å². The van der Waals surface area contributed by atoms with Gasteiger partial charge in [0.2, 0.25) is 10.0 Å². The number of nitrogens with zero attached hydrogens (tertiary/aromatic N) is 2. The molecule has 4 rings (SSSR count). The minimum Gasteiger partial charge on any atom is -0.487 e. The third kappa shape index (κ3) is 2.59. The van der Waals surface area contributed by atoms with Crippen molar-refractivity contribution in [3.63, 3.8) is 0 Å². The van der Waals surface area contributed by atoms with Gasteiger partial charge in [-0.2, -0.15) is 4.31 Å². The van der Waals surface area contributed by atoms with Crippen LogP contribution in [0.15, 0.2) is 53.7 Å². The molecule has 6 heteroatoms. The number of hydrogen-bond acceptors (Lipinski definition) is 4. The molecule has 126 valence electrons. The fourth-order valence-electron chi connectivity index (χ4n) is 3.83. The van der Waals surface area contributed by atoms with Crippen LogP contribution in [-0.4, -0.2) is 36.4 Å². The van der Waals surface area contributed by atoms with Gasteiger partial charge in [0.1, 0.15) is 11.9 Å². The van der Waals surface area contributed by atoms with Crippen LogP contribution in [0.3, 0.4) is 0 Å². The molecular formula is C18H20N2O3S. The summed E-state index contributed by atoms with van der Waals surface area (Å²) in [6.45, 7) is 2.44. The summed E-state index contributed by atoms with van der Waals surface area (Å²) in [7, 11) is -3.48. The first-order chi connectivity index (χ1) is 11.6. The zero-order valence-electron chi connectivity index (χ0n) is 13.5. The Hall–Kier alpha value is -1.92. The van der Waals surface area contributed by atoms with E-state index in [1.807, 2.05) is 25.1 Å². The maximum atomic E-state index is 13.0. The van der Waals surface area contributed by atoms with Crippen molar-refractivity contribution in [1.82, 2.24) is 9.29 Å². The number of sulfonamides is 1. The lowest BCUT2D eigenvalue weighted by Crippen LogP contribution is -2.40. The lowest BCUT2D eigenvalue weighted by Gasteiger charge is -2.26. The van der Waals surface area contributed by atoms with Crippen molar-refractivity contribution in [2.24, 2.45) is 5.92 Å². The van der Waals surface area contributed by atoms with Gasteiger partial charge in [-0.1, -0.05) is 12.1 Å². The third-order valence-corrected chi connectivity index (χ3v) is 6.85. The Kier molecular flexibility index (Phi) is 3.81. The summed E-state index contributed by atoms with van der Waals surface area (Å²) in [5.41, 5.74) is 0.948. The SMILES string of the molecule is Cc1cccc(S(=O)(=O)N2C[C@H]3CC[C@H]2[C@H]3Oc2cccnc2)c1. The monoisotopic (exact) mass is 344 g/mol. The van der Waals surface area contributed by atoms with E-state index in [9.17, 15) is 8.42 Å². The van der Waals surface area contributed by atoms with Gasteiger partial charge in [-0.05, 0) is 49.6 Å². The molecule has 0 radical (unpaired) electrons. The van der Waals surface area contributed by atoms with E-state index in [0.717, 1.165) is 18.4 Å². The van der Waals surface area contributed by atoms with Gasteiger partial charge >= 0.3 is 0 Å². The Bertz CT molecular complexity index is 838. The van der Waals surface area contributed by atoms with Gasteiger partial charge in [0.05, 0.1) is 17.1 Å². The average molecular weight is 344 g/mol. The molecule has 0 N–H and O–H groups in total. The van der Waals surface area contributed by atoms with Crippen LogP contribution in [-0.2, 0) is 10.0 Å². The third-order valence-electron chi connectivity index (χ3n) is 4.96. The quantitative estimate of drug-likeness (QED) is 0.855. The number of pyridine rings is 1. The summed E-state index contributed by atoms with van der Waals surface area (Å²) in [6.07, 6.45) is 5.14. The molecular weight excluding hydrogens is 324 g/mol. The lowest BCUT2D eigenvalue weighted by atomic mass is 10.1.